The quantitative estimate of drug-likeness (QED) is 0.906. The van der Waals surface area contributed by atoms with Gasteiger partial charge in [0.05, 0.1) is 5.60 Å². The van der Waals surface area contributed by atoms with E-state index in [1.54, 1.807) is 0 Å². The lowest BCUT2D eigenvalue weighted by molar-refractivity contribution is -0.0837. The Morgan fingerprint density at radius 2 is 2.05 bits per heavy atom. The van der Waals surface area contributed by atoms with E-state index < -0.39 is 0 Å². The van der Waals surface area contributed by atoms with Crippen molar-refractivity contribution < 1.29 is 4.74 Å². The first-order chi connectivity index (χ1) is 9.27. The van der Waals surface area contributed by atoms with E-state index in [1.165, 1.54) is 42.1 Å². The minimum absolute atomic E-state index is 0.212. The van der Waals surface area contributed by atoms with Gasteiger partial charge >= 0.3 is 0 Å². The zero-order valence-corrected chi connectivity index (χ0v) is 12.9. The monoisotopic (exact) mass is 323 g/mol. The third kappa shape index (κ3) is 3.21. The van der Waals surface area contributed by atoms with Crippen LogP contribution in [-0.4, -0.2) is 18.2 Å². The zero-order valence-electron chi connectivity index (χ0n) is 11.3. The second-order valence-electron chi connectivity index (χ2n) is 5.90. The predicted molar refractivity (Wildman–Crippen MR) is 81.2 cm³/mol. The Bertz CT molecular complexity index is 429. The van der Waals surface area contributed by atoms with Gasteiger partial charge in [0.25, 0.3) is 0 Å². The molecule has 1 heterocycles. The summed E-state index contributed by atoms with van der Waals surface area (Å²) in [4.78, 5) is 0. The molecule has 1 saturated carbocycles. The minimum atomic E-state index is 0.212. The summed E-state index contributed by atoms with van der Waals surface area (Å²) in [6.45, 7) is 1.87. The van der Waals surface area contributed by atoms with Crippen molar-refractivity contribution in [1.82, 2.24) is 5.32 Å². The van der Waals surface area contributed by atoms with Crippen LogP contribution in [0.4, 0.5) is 0 Å². The Hall–Kier alpha value is -0.380. The Kier molecular flexibility index (Phi) is 4.25. The first-order valence-corrected chi connectivity index (χ1v) is 8.18. The highest BCUT2D eigenvalue weighted by molar-refractivity contribution is 9.10. The third-order valence-corrected chi connectivity index (χ3v) is 5.32. The van der Waals surface area contributed by atoms with E-state index in [0.717, 1.165) is 19.6 Å². The molecule has 0 aromatic heterocycles. The zero-order chi connectivity index (χ0) is 13.1. The van der Waals surface area contributed by atoms with Crippen LogP contribution in [0.1, 0.15) is 44.1 Å². The molecule has 2 fully saturated rings. The normalized spacial score (nSPS) is 25.8. The van der Waals surface area contributed by atoms with Gasteiger partial charge in [-0.05, 0) is 37.3 Å². The lowest BCUT2D eigenvalue weighted by Crippen LogP contribution is -2.45. The van der Waals surface area contributed by atoms with Crippen molar-refractivity contribution >= 4 is 15.9 Å². The summed E-state index contributed by atoms with van der Waals surface area (Å²) in [6, 6.07) is 9.07. The van der Waals surface area contributed by atoms with Gasteiger partial charge in [0, 0.05) is 23.7 Å². The summed E-state index contributed by atoms with van der Waals surface area (Å²) < 4.78 is 7.28. The average Bonchev–Trinajstić information content (AvgIpc) is 2.86. The molecule has 2 nitrogen and oxygen atoms in total. The van der Waals surface area contributed by atoms with E-state index in [-0.39, 0.29) is 5.60 Å². The van der Waals surface area contributed by atoms with Gasteiger partial charge in [-0.1, -0.05) is 47.0 Å². The van der Waals surface area contributed by atoms with Crippen molar-refractivity contribution in [3.05, 3.63) is 34.3 Å². The molecule has 0 amide bonds. The smallest absolute Gasteiger partial charge is 0.0697 e. The van der Waals surface area contributed by atoms with Crippen LogP contribution >= 0.6 is 15.9 Å². The molecule has 1 aromatic rings. The largest absolute Gasteiger partial charge is 0.375 e. The number of rotatable bonds is 3. The molecular weight excluding hydrogens is 302 g/mol. The topological polar surface area (TPSA) is 21.3 Å². The van der Waals surface area contributed by atoms with Gasteiger partial charge in [0.2, 0.25) is 0 Å². The van der Waals surface area contributed by atoms with Crippen LogP contribution in [0.2, 0.25) is 0 Å². The molecule has 0 bridgehead atoms. The van der Waals surface area contributed by atoms with Crippen molar-refractivity contribution in [2.24, 2.45) is 0 Å². The van der Waals surface area contributed by atoms with Crippen molar-refractivity contribution in [2.75, 3.05) is 6.61 Å². The van der Waals surface area contributed by atoms with Crippen LogP contribution in [0.5, 0.6) is 0 Å². The maximum absolute atomic E-state index is 6.08. The van der Waals surface area contributed by atoms with Gasteiger partial charge in [-0.2, -0.15) is 0 Å². The molecule has 0 radical (unpaired) electrons. The third-order valence-electron chi connectivity index (χ3n) is 4.55. The molecule has 104 valence electrons. The van der Waals surface area contributed by atoms with Crippen molar-refractivity contribution in [1.29, 1.82) is 0 Å². The fourth-order valence-electron chi connectivity index (χ4n) is 3.47. The SMILES string of the molecule is Brc1ccccc1CNC1CCOC2(CCCC2)C1. The highest BCUT2D eigenvalue weighted by Crippen LogP contribution is 2.40. The van der Waals surface area contributed by atoms with Crippen LogP contribution in [-0.2, 0) is 11.3 Å². The van der Waals surface area contributed by atoms with Crippen LogP contribution in [0.25, 0.3) is 0 Å². The molecule has 19 heavy (non-hydrogen) atoms. The molecule has 1 saturated heterocycles. The predicted octanol–water partition coefficient (Wildman–Crippen LogP) is 4.03. The Labute approximate surface area is 124 Å². The molecule has 3 rings (SSSR count). The Balaban J connectivity index is 1.57. The molecule has 1 atom stereocenters. The maximum atomic E-state index is 6.08. The van der Waals surface area contributed by atoms with Crippen LogP contribution in [0.3, 0.4) is 0 Å². The summed E-state index contributed by atoms with van der Waals surface area (Å²) in [5.41, 5.74) is 1.55. The summed E-state index contributed by atoms with van der Waals surface area (Å²) in [5, 5.41) is 3.72. The van der Waals surface area contributed by atoms with Gasteiger partial charge in [-0.3, -0.25) is 0 Å². The van der Waals surface area contributed by atoms with Crippen LogP contribution < -0.4 is 5.32 Å². The molecular formula is C16H22BrNO. The molecule has 1 N–H and O–H groups in total. The highest BCUT2D eigenvalue weighted by atomic mass is 79.9. The summed E-state index contributed by atoms with van der Waals surface area (Å²) in [7, 11) is 0. The molecule has 1 aliphatic heterocycles. The molecule has 1 aliphatic carbocycles. The van der Waals surface area contributed by atoms with E-state index >= 15 is 0 Å². The second-order valence-corrected chi connectivity index (χ2v) is 6.75. The number of nitrogens with one attached hydrogen (secondary N) is 1. The molecule has 1 unspecified atom stereocenters. The maximum Gasteiger partial charge on any atom is 0.0697 e. The van der Waals surface area contributed by atoms with Crippen molar-refractivity contribution in [2.45, 2.75) is 56.7 Å². The van der Waals surface area contributed by atoms with E-state index in [2.05, 4.69) is 45.5 Å². The van der Waals surface area contributed by atoms with E-state index in [4.69, 9.17) is 4.74 Å². The lowest BCUT2D eigenvalue weighted by atomic mass is 9.89. The molecule has 3 heteroatoms. The van der Waals surface area contributed by atoms with Crippen molar-refractivity contribution in [3.8, 4) is 0 Å². The minimum Gasteiger partial charge on any atom is -0.375 e. The molecule has 1 spiro atoms. The van der Waals surface area contributed by atoms with Gasteiger partial charge in [0.1, 0.15) is 0 Å². The van der Waals surface area contributed by atoms with Crippen LogP contribution in [0, 0.1) is 0 Å². The average molecular weight is 324 g/mol. The number of halogens is 1. The molecule has 1 aromatic carbocycles. The Morgan fingerprint density at radius 1 is 1.26 bits per heavy atom. The summed E-state index contributed by atoms with van der Waals surface area (Å²) in [5.74, 6) is 0. The van der Waals surface area contributed by atoms with Gasteiger partial charge in [0.15, 0.2) is 0 Å². The van der Waals surface area contributed by atoms with Gasteiger partial charge in [-0.25, -0.2) is 0 Å². The number of hydrogen-bond donors (Lipinski definition) is 1. The van der Waals surface area contributed by atoms with E-state index in [0.29, 0.717) is 6.04 Å². The highest BCUT2D eigenvalue weighted by Gasteiger charge is 2.39. The fraction of sp³-hybridized carbons (Fsp3) is 0.625. The fourth-order valence-corrected chi connectivity index (χ4v) is 3.89. The lowest BCUT2D eigenvalue weighted by Gasteiger charge is -2.38. The standard InChI is InChI=1S/C16H22BrNO/c17-15-6-2-1-5-13(15)12-18-14-7-10-19-16(11-14)8-3-4-9-16/h1-2,5-6,14,18H,3-4,7-12H2. The van der Waals surface area contributed by atoms with Crippen molar-refractivity contribution in [3.63, 3.8) is 0 Å². The van der Waals surface area contributed by atoms with E-state index in [9.17, 15) is 0 Å². The number of hydrogen-bond acceptors (Lipinski definition) is 2. The number of ether oxygens (including phenoxy) is 1. The first kappa shape index (κ1) is 13.6. The first-order valence-electron chi connectivity index (χ1n) is 7.38. The second kappa shape index (κ2) is 5.94. The van der Waals surface area contributed by atoms with Gasteiger partial charge in [-0.15, -0.1) is 0 Å². The Morgan fingerprint density at radius 3 is 2.84 bits per heavy atom. The molecule has 2 aliphatic rings. The van der Waals surface area contributed by atoms with E-state index in [1.807, 2.05) is 0 Å². The van der Waals surface area contributed by atoms with Crippen LogP contribution in [0.15, 0.2) is 28.7 Å². The summed E-state index contributed by atoms with van der Waals surface area (Å²) >= 11 is 3.62. The summed E-state index contributed by atoms with van der Waals surface area (Å²) in [6.07, 6.45) is 7.55. The van der Waals surface area contributed by atoms with Gasteiger partial charge < -0.3 is 10.1 Å². The number of benzene rings is 1.